The van der Waals surface area contributed by atoms with Crippen LogP contribution in [0, 0.1) is 0 Å². The molecule has 0 aromatic rings. The van der Waals surface area contributed by atoms with Crippen LogP contribution in [-0.2, 0) is 0 Å². The average Bonchev–Trinajstić information content (AvgIpc) is 2.77. The number of rotatable bonds is 16. The highest BCUT2D eigenvalue weighted by atomic mass is 19.4. The first kappa shape index (κ1) is 39.0. The fraction of sp³-hybridized carbons (Fsp3) is 1.00. The van der Waals surface area contributed by atoms with Gasteiger partial charge in [0, 0.05) is 6.42 Å². The Balaban J connectivity index is 0. The molecule has 0 unspecified atom stereocenters. The first-order valence-electron chi connectivity index (χ1n) is 11.5. The van der Waals surface area contributed by atoms with Gasteiger partial charge in [0.25, 0.3) is 0 Å². The minimum Gasteiger partial charge on any atom is -0.200 e. The molecule has 0 saturated heterocycles. The van der Waals surface area contributed by atoms with Gasteiger partial charge in [-0.3, -0.25) is 0 Å². The van der Waals surface area contributed by atoms with E-state index in [0.29, 0.717) is 12.8 Å². The summed E-state index contributed by atoms with van der Waals surface area (Å²) < 4.78 is 224. The monoisotopic (exact) mass is 604 g/mol. The molecule has 0 N–H and O–H groups in total. The molecule has 0 heterocycles. The van der Waals surface area contributed by atoms with Gasteiger partial charge in [-0.15, -0.1) is 0 Å². The van der Waals surface area contributed by atoms with Gasteiger partial charge in [-0.2, -0.15) is 74.6 Å². The van der Waals surface area contributed by atoms with Crippen molar-refractivity contribution in [3.8, 4) is 0 Å². The Kier molecular flexibility index (Phi) is 13.8. The number of hydrogen-bond donors (Lipinski definition) is 0. The van der Waals surface area contributed by atoms with Gasteiger partial charge >= 0.3 is 47.6 Å². The molecule has 0 aromatic heterocycles. The van der Waals surface area contributed by atoms with Gasteiger partial charge in [-0.05, 0) is 6.42 Å². The third-order valence-corrected chi connectivity index (χ3v) is 5.38. The molecule has 38 heavy (non-hydrogen) atoms. The molecule has 0 fully saturated rings. The van der Waals surface area contributed by atoms with Crippen molar-refractivity contribution in [1.29, 1.82) is 0 Å². The van der Waals surface area contributed by atoms with E-state index in [-0.39, 0.29) is 12.8 Å². The van der Waals surface area contributed by atoms with Crippen LogP contribution in [0.5, 0.6) is 0 Å². The maximum absolute atomic E-state index is 13.7. The number of unbranched alkanes of at least 4 members (excludes halogenated alkanes) is 8. The van der Waals surface area contributed by atoms with Crippen LogP contribution in [0.3, 0.4) is 0 Å². The standard InChI is InChI=1S/C19H23F17.C2H6/c1-2-3-4-5-6-7-8-9-10-11-12(20,21)13(22,23)14(24,25)15(26,27)16(28,29)17(30,31)18(32,33)19(34,35)36;1-2/h2-11H2,1H3;1-2H3. The summed E-state index contributed by atoms with van der Waals surface area (Å²) in [7, 11) is 0. The molecular weight excluding hydrogens is 575 g/mol. The molecule has 0 aliphatic heterocycles. The smallest absolute Gasteiger partial charge is 0.200 e. The fourth-order valence-electron chi connectivity index (χ4n) is 3.01. The third kappa shape index (κ3) is 7.30. The van der Waals surface area contributed by atoms with E-state index in [1.165, 1.54) is 0 Å². The Hall–Kier alpha value is -1.19. The number of hydrogen-bond acceptors (Lipinski definition) is 0. The van der Waals surface area contributed by atoms with E-state index < -0.39 is 60.5 Å². The molecule has 0 aliphatic carbocycles. The van der Waals surface area contributed by atoms with Gasteiger partial charge in [-0.25, -0.2) is 0 Å². The Morgan fingerprint density at radius 3 is 0.921 bits per heavy atom. The molecule has 0 rings (SSSR count). The number of alkyl halides is 17. The second-order valence-corrected chi connectivity index (χ2v) is 8.23. The maximum atomic E-state index is 13.7. The van der Waals surface area contributed by atoms with Gasteiger partial charge in [0.1, 0.15) is 0 Å². The van der Waals surface area contributed by atoms with E-state index in [0.717, 1.165) is 25.7 Å². The largest absolute Gasteiger partial charge is 0.460 e. The summed E-state index contributed by atoms with van der Waals surface area (Å²) in [5.41, 5.74) is 0. The Bertz CT molecular complexity index is 680. The lowest BCUT2D eigenvalue weighted by Crippen LogP contribution is -2.74. The summed E-state index contributed by atoms with van der Waals surface area (Å²) >= 11 is 0. The van der Waals surface area contributed by atoms with E-state index in [2.05, 4.69) is 0 Å². The van der Waals surface area contributed by atoms with Crippen molar-refractivity contribution >= 4 is 0 Å². The van der Waals surface area contributed by atoms with Crippen molar-refractivity contribution in [3.63, 3.8) is 0 Å². The minimum atomic E-state index is -8.57. The van der Waals surface area contributed by atoms with Crippen LogP contribution in [0.1, 0.15) is 85.0 Å². The molecule has 232 valence electrons. The molecule has 0 nitrogen and oxygen atoms in total. The van der Waals surface area contributed by atoms with Crippen LogP contribution in [0.15, 0.2) is 0 Å². The summed E-state index contributed by atoms with van der Waals surface area (Å²) in [6.45, 7) is 5.92. The molecule has 0 spiro atoms. The zero-order chi connectivity index (χ0) is 31.1. The average molecular weight is 604 g/mol. The van der Waals surface area contributed by atoms with Crippen LogP contribution in [0.4, 0.5) is 74.6 Å². The molecule has 0 aliphatic rings. The predicted molar refractivity (Wildman–Crippen MR) is 104 cm³/mol. The minimum absolute atomic E-state index is 0.0944. The lowest BCUT2D eigenvalue weighted by molar-refractivity contribution is -0.461. The molecule has 0 radical (unpaired) electrons. The molecular formula is C21H29F17. The second kappa shape index (κ2) is 13.4. The lowest BCUT2D eigenvalue weighted by Gasteiger charge is -2.42. The normalized spacial score (nSPS) is 14.8. The van der Waals surface area contributed by atoms with Crippen LogP contribution < -0.4 is 0 Å². The fourth-order valence-corrected chi connectivity index (χ4v) is 3.01. The van der Waals surface area contributed by atoms with Gasteiger partial charge in [0.2, 0.25) is 0 Å². The third-order valence-electron chi connectivity index (χ3n) is 5.38. The van der Waals surface area contributed by atoms with Crippen molar-refractivity contribution < 1.29 is 74.6 Å². The molecule has 0 atom stereocenters. The summed E-state index contributed by atoms with van der Waals surface area (Å²) in [5, 5.41) is 0. The van der Waals surface area contributed by atoms with E-state index in [9.17, 15) is 74.6 Å². The van der Waals surface area contributed by atoms with Crippen LogP contribution in [0.25, 0.3) is 0 Å². The Labute approximate surface area is 208 Å². The lowest BCUT2D eigenvalue weighted by atomic mass is 9.87. The van der Waals surface area contributed by atoms with E-state index in [1.807, 2.05) is 20.8 Å². The summed E-state index contributed by atoms with van der Waals surface area (Å²) in [5.74, 6) is -55.7. The molecule has 0 aromatic carbocycles. The zero-order valence-electron chi connectivity index (χ0n) is 20.5. The maximum Gasteiger partial charge on any atom is 0.460 e. The van der Waals surface area contributed by atoms with Crippen molar-refractivity contribution in [2.75, 3.05) is 0 Å². The quantitative estimate of drug-likeness (QED) is 0.122. The van der Waals surface area contributed by atoms with Gasteiger partial charge < -0.3 is 0 Å². The highest BCUT2D eigenvalue weighted by Gasteiger charge is 2.95. The van der Waals surface area contributed by atoms with E-state index in [4.69, 9.17) is 0 Å². The van der Waals surface area contributed by atoms with Crippen molar-refractivity contribution in [2.24, 2.45) is 0 Å². The molecule has 0 bridgehead atoms. The topological polar surface area (TPSA) is 0 Å². The molecule has 17 heteroatoms. The van der Waals surface area contributed by atoms with Crippen LogP contribution in [0.2, 0.25) is 0 Å². The van der Waals surface area contributed by atoms with E-state index in [1.54, 1.807) is 0 Å². The van der Waals surface area contributed by atoms with E-state index >= 15 is 0 Å². The molecule has 0 saturated carbocycles. The van der Waals surface area contributed by atoms with Gasteiger partial charge in [-0.1, -0.05) is 72.1 Å². The van der Waals surface area contributed by atoms with Crippen molar-refractivity contribution in [2.45, 2.75) is 133 Å². The predicted octanol–water partition coefficient (Wildman–Crippen LogP) is 10.9. The van der Waals surface area contributed by atoms with Crippen LogP contribution in [-0.4, -0.2) is 47.6 Å². The first-order chi connectivity index (χ1) is 16.8. The van der Waals surface area contributed by atoms with Crippen LogP contribution >= 0.6 is 0 Å². The Morgan fingerprint density at radius 1 is 0.342 bits per heavy atom. The van der Waals surface area contributed by atoms with Crippen molar-refractivity contribution in [1.82, 2.24) is 0 Å². The summed E-state index contributed by atoms with van der Waals surface area (Å²) in [6.07, 6.45) is -7.02. The second-order valence-electron chi connectivity index (χ2n) is 8.23. The zero-order valence-corrected chi connectivity index (χ0v) is 20.5. The van der Waals surface area contributed by atoms with Gasteiger partial charge in [0.15, 0.2) is 0 Å². The summed E-state index contributed by atoms with van der Waals surface area (Å²) in [6, 6.07) is 0. The Morgan fingerprint density at radius 2 is 0.605 bits per heavy atom. The highest BCUT2D eigenvalue weighted by molar-refractivity contribution is 5.15. The number of halogens is 17. The first-order valence-corrected chi connectivity index (χ1v) is 11.5. The molecule has 0 amide bonds. The van der Waals surface area contributed by atoms with Crippen molar-refractivity contribution in [3.05, 3.63) is 0 Å². The SMILES string of the molecule is CC.CCCCCCCCCCCC(F)(F)C(F)(F)C(F)(F)C(F)(F)C(F)(F)C(F)(F)C(F)(F)C(F)(F)F. The highest BCUT2D eigenvalue weighted by Crippen LogP contribution is 2.64. The van der Waals surface area contributed by atoms with Gasteiger partial charge in [0.05, 0.1) is 0 Å². The summed E-state index contributed by atoms with van der Waals surface area (Å²) in [4.78, 5) is 0.